The third-order valence-electron chi connectivity index (χ3n) is 5.13. The molecule has 2 aromatic carbocycles. The monoisotopic (exact) mass is 394 g/mol. The van der Waals surface area contributed by atoms with Gasteiger partial charge in [-0.25, -0.2) is 4.79 Å². The Kier molecular flexibility index (Phi) is 6.32. The molecule has 2 amide bonds. The SMILES string of the molecule is CCOC(=O)c1ccc(NC(=O)C2(C(=O)N(CC)Cc3ccccc3)CC2)cc1. The van der Waals surface area contributed by atoms with E-state index in [1.807, 2.05) is 37.3 Å². The molecular formula is C23H26N2O4. The largest absolute Gasteiger partial charge is 0.462 e. The first-order valence-electron chi connectivity index (χ1n) is 9.92. The van der Waals surface area contributed by atoms with Crippen molar-refractivity contribution in [1.82, 2.24) is 4.90 Å². The standard InChI is InChI=1S/C23H26N2O4/c1-3-25(16-17-8-6-5-7-9-17)22(28)23(14-15-23)21(27)24-19-12-10-18(11-13-19)20(26)29-4-2/h5-13H,3-4,14-16H2,1-2H3,(H,24,27). The molecule has 29 heavy (non-hydrogen) atoms. The van der Waals surface area contributed by atoms with Gasteiger partial charge in [0.05, 0.1) is 12.2 Å². The fraction of sp³-hybridized carbons (Fsp3) is 0.348. The highest BCUT2D eigenvalue weighted by Crippen LogP contribution is 2.48. The van der Waals surface area contributed by atoms with Crippen molar-refractivity contribution in [2.45, 2.75) is 33.2 Å². The Morgan fingerprint density at radius 2 is 1.66 bits per heavy atom. The summed E-state index contributed by atoms with van der Waals surface area (Å²) in [5.74, 6) is -0.832. The van der Waals surface area contributed by atoms with E-state index in [1.165, 1.54) is 0 Å². The van der Waals surface area contributed by atoms with Crippen molar-refractivity contribution in [2.24, 2.45) is 5.41 Å². The number of amides is 2. The van der Waals surface area contributed by atoms with Crippen molar-refractivity contribution in [3.8, 4) is 0 Å². The van der Waals surface area contributed by atoms with Gasteiger partial charge in [-0.05, 0) is 56.5 Å². The summed E-state index contributed by atoms with van der Waals surface area (Å²) in [5, 5.41) is 2.83. The van der Waals surface area contributed by atoms with Gasteiger partial charge >= 0.3 is 5.97 Å². The lowest BCUT2D eigenvalue weighted by atomic mass is 10.0. The fourth-order valence-electron chi connectivity index (χ4n) is 3.25. The van der Waals surface area contributed by atoms with Gasteiger partial charge < -0.3 is 15.0 Å². The van der Waals surface area contributed by atoms with Gasteiger partial charge in [0, 0.05) is 18.8 Å². The molecule has 1 N–H and O–H groups in total. The lowest BCUT2D eigenvalue weighted by molar-refractivity contribution is -0.142. The molecule has 1 aliphatic rings. The fourth-order valence-corrected chi connectivity index (χ4v) is 3.25. The van der Waals surface area contributed by atoms with Gasteiger partial charge in [-0.1, -0.05) is 30.3 Å². The number of ether oxygens (including phenoxy) is 1. The number of nitrogens with one attached hydrogen (secondary N) is 1. The van der Waals surface area contributed by atoms with Crippen LogP contribution in [0.4, 0.5) is 5.69 Å². The zero-order chi connectivity index (χ0) is 20.9. The number of carbonyl (C=O) groups is 3. The van der Waals surface area contributed by atoms with Gasteiger partial charge in [0.15, 0.2) is 0 Å². The number of carbonyl (C=O) groups excluding carboxylic acids is 3. The Morgan fingerprint density at radius 3 is 2.21 bits per heavy atom. The zero-order valence-electron chi connectivity index (χ0n) is 16.8. The maximum Gasteiger partial charge on any atom is 0.338 e. The molecule has 152 valence electrons. The van der Waals surface area contributed by atoms with Gasteiger partial charge in [-0.2, -0.15) is 0 Å². The molecule has 1 saturated carbocycles. The van der Waals surface area contributed by atoms with Gasteiger partial charge in [0.25, 0.3) is 0 Å². The predicted molar refractivity (Wildman–Crippen MR) is 110 cm³/mol. The van der Waals surface area contributed by atoms with Crippen LogP contribution in [0.1, 0.15) is 42.6 Å². The van der Waals surface area contributed by atoms with Crippen molar-refractivity contribution >= 4 is 23.5 Å². The maximum atomic E-state index is 13.1. The van der Waals surface area contributed by atoms with Crippen LogP contribution in [-0.2, 0) is 20.9 Å². The van der Waals surface area contributed by atoms with Crippen LogP contribution in [-0.4, -0.2) is 35.8 Å². The summed E-state index contributed by atoms with van der Waals surface area (Å²) in [4.78, 5) is 39.5. The average molecular weight is 394 g/mol. The number of anilines is 1. The molecule has 0 aromatic heterocycles. The van der Waals surface area contributed by atoms with Crippen molar-refractivity contribution in [2.75, 3.05) is 18.5 Å². The number of benzene rings is 2. The number of hydrogen-bond acceptors (Lipinski definition) is 4. The predicted octanol–water partition coefficient (Wildman–Crippen LogP) is 3.63. The minimum Gasteiger partial charge on any atom is -0.462 e. The molecule has 1 fully saturated rings. The van der Waals surface area contributed by atoms with Crippen LogP contribution in [0.15, 0.2) is 54.6 Å². The first-order valence-corrected chi connectivity index (χ1v) is 9.92. The summed E-state index contributed by atoms with van der Waals surface area (Å²) in [7, 11) is 0. The number of rotatable bonds is 8. The van der Waals surface area contributed by atoms with Crippen molar-refractivity contribution < 1.29 is 19.1 Å². The molecule has 1 aliphatic carbocycles. The van der Waals surface area contributed by atoms with Crippen LogP contribution in [0.3, 0.4) is 0 Å². The highest BCUT2D eigenvalue weighted by atomic mass is 16.5. The molecule has 0 aliphatic heterocycles. The van der Waals surface area contributed by atoms with E-state index in [-0.39, 0.29) is 11.8 Å². The van der Waals surface area contributed by atoms with E-state index in [0.29, 0.717) is 43.8 Å². The number of nitrogens with zero attached hydrogens (tertiary/aromatic N) is 1. The summed E-state index contributed by atoms with van der Waals surface area (Å²) in [6.45, 7) is 4.99. The van der Waals surface area contributed by atoms with Crippen molar-refractivity contribution in [1.29, 1.82) is 0 Å². The third kappa shape index (κ3) is 4.65. The number of hydrogen-bond donors (Lipinski definition) is 1. The Morgan fingerprint density at radius 1 is 1.00 bits per heavy atom. The molecule has 6 nitrogen and oxygen atoms in total. The summed E-state index contributed by atoms with van der Waals surface area (Å²) >= 11 is 0. The topological polar surface area (TPSA) is 75.7 Å². The van der Waals surface area contributed by atoms with Gasteiger partial charge in [0.1, 0.15) is 5.41 Å². The number of esters is 1. The van der Waals surface area contributed by atoms with Crippen LogP contribution < -0.4 is 5.32 Å². The first-order chi connectivity index (χ1) is 14.0. The molecule has 6 heteroatoms. The normalized spacial score (nSPS) is 14.0. The van der Waals surface area contributed by atoms with Gasteiger partial charge in [-0.3, -0.25) is 9.59 Å². The molecule has 0 unspecified atom stereocenters. The molecule has 0 radical (unpaired) electrons. The molecule has 0 bridgehead atoms. The van der Waals surface area contributed by atoms with Gasteiger partial charge in [-0.15, -0.1) is 0 Å². The molecular weight excluding hydrogens is 368 g/mol. The Hall–Kier alpha value is -3.15. The lowest BCUT2D eigenvalue weighted by Gasteiger charge is -2.26. The second-order valence-corrected chi connectivity index (χ2v) is 7.14. The van der Waals surface area contributed by atoms with E-state index in [0.717, 1.165) is 5.56 Å². The summed E-state index contributed by atoms with van der Waals surface area (Å²) in [6.07, 6.45) is 1.09. The van der Waals surface area contributed by atoms with E-state index >= 15 is 0 Å². The van der Waals surface area contributed by atoms with E-state index < -0.39 is 11.4 Å². The van der Waals surface area contributed by atoms with Crippen molar-refractivity contribution in [3.05, 3.63) is 65.7 Å². The van der Waals surface area contributed by atoms with Crippen LogP contribution >= 0.6 is 0 Å². The molecule has 0 heterocycles. The summed E-state index contributed by atoms with van der Waals surface area (Å²) in [6, 6.07) is 16.2. The Labute approximate surface area is 170 Å². The van der Waals surface area contributed by atoms with E-state index in [9.17, 15) is 14.4 Å². The third-order valence-corrected chi connectivity index (χ3v) is 5.13. The molecule has 0 spiro atoms. The maximum absolute atomic E-state index is 13.1. The average Bonchev–Trinajstić information content (AvgIpc) is 3.55. The quantitative estimate of drug-likeness (QED) is 0.548. The van der Waals surface area contributed by atoms with Crippen LogP contribution in [0.2, 0.25) is 0 Å². The minimum atomic E-state index is -0.995. The highest BCUT2D eigenvalue weighted by Gasteiger charge is 2.57. The Bertz CT molecular complexity index is 874. The lowest BCUT2D eigenvalue weighted by Crippen LogP contribution is -2.42. The van der Waals surface area contributed by atoms with Crippen LogP contribution in [0.25, 0.3) is 0 Å². The van der Waals surface area contributed by atoms with Crippen LogP contribution in [0.5, 0.6) is 0 Å². The summed E-state index contributed by atoms with van der Waals surface area (Å²) < 4.78 is 4.96. The van der Waals surface area contributed by atoms with E-state index in [4.69, 9.17) is 4.74 Å². The van der Waals surface area contributed by atoms with E-state index in [1.54, 1.807) is 36.1 Å². The molecule has 2 aromatic rings. The molecule has 0 saturated heterocycles. The van der Waals surface area contributed by atoms with E-state index in [2.05, 4.69) is 5.32 Å². The second kappa shape index (κ2) is 8.90. The van der Waals surface area contributed by atoms with Gasteiger partial charge in [0.2, 0.25) is 11.8 Å². The molecule has 0 atom stereocenters. The second-order valence-electron chi connectivity index (χ2n) is 7.14. The smallest absolute Gasteiger partial charge is 0.338 e. The first kappa shape index (κ1) is 20.6. The highest BCUT2D eigenvalue weighted by molar-refractivity contribution is 6.13. The van der Waals surface area contributed by atoms with Crippen LogP contribution in [0, 0.1) is 5.41 Å². The minimum absolute atomic E-state index is 0.135. The Balaban J connectivity index is 1.66. The zero-order valence-corrected chi connectivity index (χ0v) is 16.8. The van der Waals surface area contributed by atoms with Crippen molar-refractivity contribution in [3.63, 3.8) is 0 Å². The summed E-state index contributed by atoms with van der Waals surface area (Å²) in [5.41, 5.74) is 1.01. The molecule has 3 rings (SSSR count).